The molecule has 0 aliphatic heterocycles. The van der Waals surface area contributed by atoms with E-state index in [2.05, 4.69) is 25.6 Å². The highest BCUT2D eigenvalue weighted by Crippen LogP contribution is 2.12. The zero-order valence-electron chi connectivity index (χ0n) is 10.9. The first-order valence-electron chi connectivity index (χ1n) is 6.99. The average Bonchev–Trinajstić information content (AvgIpc) is 2.26. The molecule has 0 aliphatic carbocycles. The van der Waals surface area contributed by atoms with Crippen molar-refractivity contribution >= 4 is 11.8 Å². The lowest BCUT2D eigenvalue weighted by atomic mass is 10.2. The van der Waals surface area contributed by atoms with Crippen LogP contribution in [-0.4, -0.2) is 11.5 Å². The average molecular weight is 230 g/mol. The van der Waals surface area contributed by atoms with Gasteiger partial charge in [-0.05, 0) is 24.3 Å². The van der Waals surface area contributed by atoms with E-state index < -0.39 is 0 Å². The molecule has 0 atom stereocenters. The first-order chi connectivity index (χ1) is 7.41. The molecule has 1 heteroatoms. The van der Waals surface area contributed by atoms with Crippen LogP contribution in [0.1, 0.15) is 78.1 Å². The zero-order valence-corrected chi connectivity index (χ0v) is 11.7. The molecule has 0 N–H and O–H groups in total. The van der Waals surface area contributed by atoms with E-state index >= 15 is 0 Å². The molecule has 0 saturated carbocycles. The fourth-order valence-corrected chi connectivity index (χ4v) is 2.74. The Balaban J connectivity index is 2.81. The smallest absolute Gasteiger partial charge is 0.00675 e. The molecule has 0 aromatic rings. The van der Waals surface area contributed by atoms with Gasteiger partial charge in [-0.2, -0.15) is 11.8 Å². The van der Waals surface area contributed by atoms with Gasteiger partial charge in [0.05, 0.1) is 0 Å². The minimum absolute atomic E-state index is 1.37. The third-order valence-electron chi connectivity index (χ3n) is 2.78. The van der Waals surface area contributed by atoms with E-state index in [4.69, 9.17) is 0 Å². The van der Waals surface area contributed by atoms with Crippen LogP contribution in [0.4, 0.5) is 0 Å². The van der Waals surface area contributed by atoms with Gasteiger partial charge in [0.15, 0.2) is 0 Å². The van der Waals surface area contributed by atoms with E-state index in [0.717, 1.165) is 0 Å². The normalized spacial score (nSPS) is 10.8. The SMILES string of the molecule is CCCCCCCSCCCCCCC. The highest BCUT2D eigenvalue weighted by molar-refractivity contribution is 7.99. The predicted molar refractivity (Wildman–Crippen MR) is 74.8 cm³/mol. The second-order valence-electron chi connectivity index (χ2n) is 4.44. The van der Waals surface area contributed by atoms with Crippen LogP contribution in [0.5, 0.6) is 0 Å². The Morgan fingerprint density at radius 2 is 0.933 bits per heavy atom. The predicted octanol–water partition coefficient (Wildman–Crippen LogP) is 5.66. The molecular weight excluding hydrogens is 200 g/mol. The summed E-state index contributed by atoms with van der Waals surface area (Å²) < 4.78 is 0. The largest absolute Gasteiger partial charge is 0.162 e. The maximum absolute atomic E-state index is 2.28. The topological polar surface area (TPSA) is 0 Å². The molecule has 0 fully saturated rings. The van der Waals surface area contributed by atoms with Gasteiger partial charge >= 0.3 is 0 Å². The third kappa shape index (κ3) is 14.4. The van der Waals surface area contributed by atoms with E-state index in [1.807, 2.05) is 0 Å². The fourth-order valence-electron chi connectivity index (χ4n) is 1.72. The van der Waals surface area contributed by atoms with Gasteiger partial charge in [-0.3, -0.25) is 0 Å². The van der Waals surface area contributed by atoms with Crippen LogP contribution in [0.15, 0.2) is 0 Å². The van der Waals surface area contributed by atoms with Crippen LogP contribution in [0, 0.1) is 0 Å². The summed E-state index contributed by atoms with van der Waals surface area (Å²) >= 11 is 2.17. The number of hydrogen-bond acceptors (Lipinski definition) is 1. The van der Waals surface area contributed by atoms with Crippen LogP contribution in [0.2, 0.25) is 0 Å². The molecule has 0 heterocycles. The molecule has 0 rings (SSSR count). The van der Waals surface area contributed by atoms with Crippen molar-refractivity contribution in [3.63, 3.8) is 0 Å². The highest BCUT2D eigenvalue weighted by atomic mass is 32.2. The molecular formula is C14H30S. The van der Waals surface area contributed by atoms with Crippen LogP contribution in [0.3, 0.4) is 0 Å². The van der Waals surface area contributed by atoms with Crippen molar-refractivity contribution < 1.29 is 0 Å². The summed E-state index contributed by atoms with van der Waals surface area (Å²) in [6, 6.07) is 0. The lowest BCUT2D eigenvalue weighted by Gasteiger charge is -2.02. The Labute approximate surface area is 102 Å². The molecule has 92 valence electrons. The van der Waals surface area contributed by atoms with Crippen molar-refractivity contribution in [2.75, 3.05) is 11.5 Å². The standard InChI is InChI=1S/C14H30S/c1-3-5-7-9-11-13-15-14-12-10-8-6-4-2/h3-14H2,1-2H3. The van der Waals surface area contributed by atoms with E-state index in [9.17, 15) is 0 Å². The quantitative estimate of drug-likeness (QED) is 0.390. The summed E-state index contributed by atoms with van der Waals surface area (Å²) in [6.07, 6.45) is 14.3. The van der Waals surface area contributed by atoms with Gasteiger partial charge in [0.25, 0.3) is 0 Å². The molecule has 0 radical (unpaired) electrons. The number of unbranched alkanes of at least 4 members (excludes halogenated alkanes) is 8. The van der Waals surface area contributed by atoms with Crippen molar-refractivity contribution in [2.24, 2.45) is 0 Å². The van der Waals surface area contributed by atoms with Gasteiger partial charge in [0, 0.05) is 0 Å². The second-order valence-corrected chi connectivity index (χ2v) is 5.67. The van der Waals surface area contributed by atoms with E-state index in [1.165, 1.54) is 75.7 Å². The molecule has 0 saturated heterocycles. The van der Waals surface area contributed by atoms with E-state index in [1.54, 1.807) is 0 Å². The molecule has 0 bridgehead atoms. The molecule has 0 aromatic carbocycles. The monoisotopic (exact) mass is 230 g/mol. The lowest BCUT2D eigenvalue weighted by Crippen LogP contribution is -1.86. The maximum Gasteiger partial charge on any atom is -0.00675 e. The molecule has 0 nitrogen and oxygen atoms in total. The minimum Gasteiger partial charge on any atom is -0.162 e. The summed E-state index contributed by atoms with van der Waals surface area (Å²) in [5, 5.41) is 0. The molecule has 0 unspecified atom stereocenters. The lowest BCUT2D eigenvalue weighted by molar-refractivity contribution is 0.655. The minimum atomic E-state index is 1.37. The molecule has 15 heavy (non-hydrogen) atoms. The third-order valence-corrected chi connectivity index (χ3v) is 3.94. The van der Waals surface area contributed by atoms with Gasteiger partial charge in [-0.1, -0.05) is 65.2 Å². The van der Waals surface area contributed by atoms with Crippen LogP contribution < -0.4 is 0 Å². The summed E-state index contributed by atoms with van der Waals surface area (Å²) in [5.41, 5.74) is 0. The van der Waals surface area contributed by atoms with Crippen molar-refractivity contribution in [1.29, 1.82) is 0 Å². The van der Waals surface area contributed by atoms with Gasteiger partial charge < -0.3 is 0 Å². The summed E-state index contributed by atoms with van der Waals surface area (Å²) in [7, 11) is 0. The zero-order chi connectivity index (χ0) is 11.2. The van der Waals surface area contributed by atoms with Gasteiger partial charge in [-0.25, -0.2) is 0 Å². The summed E-state index contributed by atoms with van der Waals surface area (Å²) in [4.78, 5) is 0. The first-order valence-corrected chi connectivity index (χ1v) is 8.15. The van der Waals surface area contributed by atoms with Crippen molar-refractivity contribution in [3.05, 3.63) is 0 Å². The maximum atomic E-state index is 2.28. The van der Waals surface area contributed by atoms with Gasteiger partial charge in [0.2, 0.25) is 0 Å². The van der Waals surface area contributed by atoms with Crippen LogP contribution in [0.25, 0.3) is 0 Å². The molecule has 0 aliphatic rings. The Bertz CT molecular complexity index is 89.5. The van der Waals surface area contributed by atoms with Gasteiger partial charge in [0.1, 0.15) is 0 Å². The Morgan fingerprint density at radius 1 is 0.533 bits per heavy atom. The van der Waals surface area contributed by atoms with Gasteiger partial charge in [-0.15, -0.1) is 0 Å². The van der Waals surface area contributed by atoms with Crippen molar-refractivity contribution in [3.8, 4) is 0 Å². The Kier molecular flexibility index (Phi) is 14.7. The fraction of sp³-hybridized carbons (Fsp3) is 1.00. The highest BCUT2D eigenvalue weighted by Gasteiger charge is 1.92. The van der Waals surface area contributed by atoms with E-state index in [-0.39, 0.29) is 0 Å². The first kappa shape index (κ1) is 15.3. The van der Waals surface area contributed by atoms with Crippen molar-refractivity contribution in [1.82, 2.24) is 0 Å². The molecule has 0 aromatic heterocycles. The Hall–Kier alpha value is 0.350. The van der Waals surface area contributed by atoms with Crippen LogP contribution >= 0.6 is 11.8 Å². The number of hydrogen-bond donors (Lipinski definition) is 0. The number of rotatable bonds is 12. The molecule has 0 amide bonds. The van der Waals surface area contributed by atoms with Crippen molar-refractivity contribution in [2.45, 2.75) is 78.1 Å². The number of thioether (sulfide) groups is 1. The summed E-state index contributed by atoms with van der Waals surface area (Å²) in [5.74, 6) is 2.80. The molecule has 0 spiro atoms. The second kappa shape index (κ2) is 14.3. The van der Waals surface area contributed by atoms with Crippen LogP contribution in [-0.2, 0) is 0 Å². The Morgan fingerprint density at radius 3 is 1.33 bits per heavy atom. The van der Waals surface area contributed by atoms with E-state index in [0.29, 0.717) is 0 Å². The summed E-state index contributed by atoms with van der Waals surface area (Å²) in [6.45, 7) is 4.57.